The van der Waals surface area contributed by atoms with E-state index in [4.69, 9.17) is 10.9 Å². The van der Waals surface area contributed by atoms with E-state index in [1.807, 2.05) is 38.6 Å². The van der Waals surface area contributed by atoms with Crippen molar-refractivity contribution in [3.63, 3.8) is 0 Å². The van der Waals surface area contributed by atoms with Crippen molar-refractivity contribution in [2.24, 2.45) is 10.9 Å². The number of hydrogen-bond acceptors (Lipinski definition) is 6. The zero-order valence-electron chi connectivity index (χ0n) is 20.9. The van der Waals surface area contributed by atoms with Gasteiger partial charge >= 0.3 is 0 Å². The number of anilines is 1. The second kappa shape index (κ2) is 12.8. The molecule has 1 atom stereocenters. The summed E-state index contributed by atoms with van der Waals surface area (Å²) in [5.41, 5.74) is 12.0. The van der Waals surface area contributed by atoms with Crippen molar-refractivity contribution in [3.05, 3.63) is 65.5 Å². The second-order valence-corrected chi connectivity index (χ2v) is 10.1. The lowest BCUT2D eigenvalue weighted by Crippen LogP contribution is -2.28. The molecule has 6 N–H and O–H groups in total. The van der Waals surface area contributed by atoms with Gasteiger partial charge in [0.25, 0.3) is 0 Å². The molecule has 9 heteroatoms. The highest BCUT2D eigenvalue weighted by molar-refractivity contribution is 7.82. The van der Waals surface area contributed by atoms with Crippen molar-refractivity contribution in [2.45, 2.75) is 51.0 Å². The third kappa shape index (κ3) is 7.48. The van der Waals surface area contributed by atoms with Gasteiger partial charge in [0, 0.05) is 18.3 Å². The Labute approximate surface area is 205 Å². The Balaban J connectivity index is 0.000000270. The Morgan fingerprint density at radius 2 is 1.59 bits per heavy atom. The van der Waals surface area contributed by atoms with Crippen molar-refractivity contribution in [1.82, 2.24) is 15.1 Å². The maximum atomic E-state index is 10.9. The predicted octanol–water partition coefficient (Wildman–Crippen LogP) is 4.16. The molecular weight excluding hydrogens is 448 g/mol. The first-order valence-electron chi connectivity index (χ1n) is 11.3. The van der Waals surface area contributed by atoms with E-state index in [0.717, 1.165) is 39.5 Å². The van der Waals surface area contributed by atoms with Crippen LogP contribution in [0, 0.1) is 0 Å². The third-order valence-corrected chi connectivity index (χ3v) is 6.07. The van der Waals surface area contributed by atoms with Crippen LogP contribution in [0.5, 0.6) is 0 Å². The van der Waals surface area contributed by atoms with E-state index < -0.39 is 11.0 Å². The minimum absolute atomic E-state index is 0.0739. The maximum Gasteiger partial charge on any atom is 0.122 e. The van der Waals surface area contributed by atoms with Crippen LogP contribution >= 0.6 is 0 Å². The fraction of sp³-hybridized carbons (Fsp3) is 0.400. The Bertz CT molecular complexity index is 1020. The van der Waals surface area contributed by atoms with E-state index in [9.17, 15) is 9.42 Å². The van der Waals surface area contributed by atoms with Gasteiger partial charge in [0.05, 0.1) is 23.4 Å². The number of benzene rings is 2. The van der Waals surface area contributed by atoms with E-state index in [-0.39, 0.29) is 18.5 Å². The summed E-state index contributed by atoms with van der Waals surface area (Å²) in [7, 11) is 2.65. The van der Waals surface area contributed by atoms with Gasteiger partial charge in [-0.05, 0) is 72.5 Å². The number of hydrogen-bond donors (Lipinski definition) is 4. The standard InChI is InChI=1S/C16H24N4O.C9H14N2OS/c1-10(2)14-5-12(13-7-18-19-8-13)6-15(11(3)4)16(14)20(21)9-17;1-11(2)7-8-3-5-9(6-4-8)13(10)12/h5-8,10-11,21H,9,17H2,1-4H3,(H,18,19);3-6H,7,10H2,1-2H3. The van der Waals surface area contributed by atoms with Crippen LogP contribution in [0.2, 0.25) is 0 Å². The van der Waals surface area contributed by atoms with Gasteiger partial charge in [-0.1, -0.05) is 39.8 Å². The van der Waals surface area contributed by atoms with E-state index in [2.05, 4.69) is 54.9 Å². The molecule has 34 heavy (non-hydrogen) atoms. The summed E-state index contributed by atoms with van der Waals surface area (Å²) >= 11 is 0. The molecule has 186 valence electrons. The highest BCUT2D eigenvalue weighted by Gasteiger charge is 2.20. The lowest BCUT2D eigenvalue weighted by atomic mass is 9.89. The first-order chi connectivity index (χ1) is 16.0. The average Bonchev–Trinajstić information content (AvgIpc) is 3.33. The third-order valence-electron chi connectivity index (χ3n) is 5.33. The minimum Gasteiger partial charge on any atom is -0.312 e. The van der Waals surface area contributed by atoms with E-state index in [1.54, 1.807) is 12.1 Å². The molecule has 0 aliphatic rings. The molecule has 0 aliphatic carbocycles. The van der Waals surface area contributed by atoms with Crippen molar-refractivity contribution in [1.29, 1.82) is 0 Å². The summed E-state index contributed by atoms with van der Waals surface area (Å²) in [6.07, 6.45) is 3.69. The molecule has 0 radical (unpaired) electrons. The number of rotatable bonds is 8. The van der Waals surface area contributed by atoms with Gasteiger partial charge in [0.15, 0.2) is 0 Å². The van der Waals surface area contributed by atoms with Crippen LogP contribution in [0.1, 0.15) is 56.2 Å². The van der Waals surface area contributed by atoms with Gasteiger partial charge in [0.1, 0.15) is 11.0 Å². The molecule has 0 saturated carbocycles. The van der Waals surface area contributed by atoms with Crippen molar-refractivity contribution < 1.29 is 9.42 Å². The van der Waals surface area contributed by atoms with Crippen molar-refractivity contribution in [2.75, 3.05) is 25.8 Å². The summed E-state index contributed by atoms with van der Waals surface area (Å²) in [6.45, 7) is 9.43. The number of nitrogens with two attached hydrogens (primary N) is 2. The highest BCUT2D eigenvalue weighted by atomic mass is 32.2. The fourth-order valence-corrected chi connectivity index (χ4v) is 4.02. The predicted molar refractivity (Wildman–Crippen MR) is 140 cm³/mol. The van der Waals surface area contributed by atoms with Crippen molar-refractivity contribution >= 4 is 16.7 Å². The summed E-state index contributed by atoms with van der Waals surface area (Å²) in [5, 5.41) is 23.4. The van der Waals surface area contributed by atoms with E-state index >= 15 is 0 Å². The molecule has 0 amide bonds. The van der Waals surface area contributed by atoms with Crippen LogP contribution in [-0.4, -0.2) is 45.3 Å². The van der Waals surface area contributed by atoms with Crippen LogP contribution < -0.4 is 15.9 Å². The molecule has 0 saturated heterocycles. The lowest BCUT2D eigenvalue weighted by molar-refractivity contribution is 0.255. The molecule has 3 rings (SSSR count). The Morgan fingerprint density at radius 1 is 1.03 bits per heavy atom. The molecule has 1 aromatic heterocycles. The monoisotopic (exact) mass is 486 g/mol. The molecule has 0 bridgehead atoms. The molecule has 1 unspecified atom stereocenters. The van der Waals surface area contributed by atoms with Crippen LogP contribution in [0.25, 0.3) is 11.1 Å². The highest BCUT2D eigenvalue weighted by Crippen LogP contribution is 2.38. The number of H-pyrrole nitrogens is 1. The van der Waals surface area contributed by atoms with E-state index in [0.29, 0.717) is 4.90 Å². The zero-order chi connectivity index (χ0) is 25.4. The first kappa shape index (κ1) is 27.7. The average molecular weight is 487 g/mol. The summed E-state index contributed by atoms with van der Waals surface area (Å²) in [6, 6.07) is 11.7. The molecule has 0 spiro atoms. The normalized spacial score (nSPS) is 12.1. The SMILES string of the molecule is CC(C)c1cc(-c2cn[nH]c2)cc(C(C)C)c1N(O)CN.CN(C)Cc1ccc(S(N)=O)cc1. The maximum absolute atomic E-state index is 10.9. The Kier molecular flexibility index (Phi) is 10.4. The largest absolute Gasteiger partial charge is 0.312 e. The van der Waals surface area contributed by atoms with Gasteiger partial charge in [-0.2, -0.15) is 5.10 Å². The van der Waals surface area contributed by atoms with Crippen LogP contribution in [-0.2, 0) is 17.5 Å². The van der Waals surface area contributed by atoms with Gasteiger partial charge in [-0.25, -0.2) is 14.4 Å². The van der Waals surface area contributed by atoms with Crippen LogP contribution in [0.15, 0.2) is 53.7 Å². The van der Waals surface area contributed by atoms with Gasteiger partial charge < -0.3 is 10.6 Å². The van der Waals surface area contributed by atoms with Gasteiger partial charge in [0.2, 0.25) is 0 Å². The quantitative estimate of drug-likeness (QED) is 0.280. The smallest absolute Gasteiger partial charge is 0.122 e. The zero-order valence-corrected chi connectivity index (χ0v) is 21.8. The van der Waals surface area contributed by atoms with E-state index in [1.165, 1.54) is 5.56 Å². The van der Waals surface area contributed by atoms with Gasteiger partial charge in [-0.3, -0.25) is 10.3 Å². The molecule has 1 heterocycles. The molecule has 0 aliphatic heterocycles. The number of nitrogens with one attached hydrogen (secondary N) is 1. The van der Waals surface area contributed by atoms with Crippen molar-refractivity contribution in [3.8, 4) is 11.1 Å². The topological polar surface area (TPSA) is 124 Å². The van der Waals surface area contributed by atoms with Gasteiger partial charge in [-0.15, -0.1) is 0 Å². The van der Waals surface area contributed by atoms with Crippen LogP contribution in [0.3, 0.4) is 0 Å². The Morgan fingerprint density at radius 3 is 1.97 bits per heavy atom. The summed E-state index contributed by atoms with van der Waals surface area (Å²) in [5.74, 6) is 0.566. The summed E-state index contributed by atoms with van der Waals surface area (Å²) in [4.78, 5) is 2.75. The molecule has 0 fully saturated rings. The molecule has 3 aromatic rings. The number of nitrogens with zero attached hydrogens (tertiary/aromatic N) is 3. The fourth-order valence-electron chi connectivity index (χ4n) is 3.62. The lowest BCUT2D eigenvalue weighted by Gasteiger charge is -2.26. The Hall–Kier alpha value is -2.56. The summed E-state index contributed by atoms with van der Waals surface area (Å²) < 4.78 is 10.9. The molecular formula is C25H38N6O2S. The first-order valence-corrected chi connectivity index (χ1v) is 12.5. The van der Waals surface area contributed by atoms with Crippen LogP contribution in [0.4, 0.5) is 5.69 Å². The number of aromatic nitrogens is 2. The molecule has 2 aromatic carbocycles. The number of aromatic amines is 1. The minimum atomic E-state index is -1.36. The molecule has 8 nitrogen and oxygen atoms in total. The number of hydroxylamine groups is 1. The second-order valence-electron chi connectivity index (χ2n) is 9.06.